The van der Waals surface area contributed by atoms with Crippen LogP contribution in [-0.4, -0.2) is 27.7 Å². The standard InChI is InChI=1S/C20H18N4O5/c1-13(20(26)21-15-4-3-5-16(12-15)24(27)28)23-19(25)11-10-18(22-23)14-6-8-17(29-2)9-7-14/h3-13H,1-2H3,(H,21,26). The first-order valence-electron chi connectivity index (χ1n) is 8.68. The van der Waals surface area contributed by atoms with Gasteiger partial charge in [0, 0.05) is 29.4 Å². The van der Waals surface area contributed by atoms with Crippen LogP contribution in [0.3, 0.4) is 0 Å². The molecule has 29 heavy (non-hydrogen) atoms. The lowest BCUT2D eigenvalue weighted by Crippen LogP contribution is -2.33. The molecule has 1 unspecified atom stereocenters. The lowest BCUT2D eigenvalue weighted by atomic mass is 10.1. The maximum Gasteiger partial charge on any atom is 0.271 e. The zero-order valence-electron chi connectivity index (χ0n) is 15.7. The fraction of sp³-hybridized carbons (Fsp3) is 0.150. The molecular weight excluding hydrogens is 376 g/mol. The fourth-order valence-electron chi connectivity index (χ4n) is 2.67. The number of anilines is 1. The monoisotopic (exact) mass is 394 g/mol. The Kier molecular flexibility index (Phi) is 5.68. The number of carbonyl (C=O) groups is 1. The van der Waals surface area contributed by atoms with E-state index < -0.39 is 22.4 Å². The Morgan fingerprint density at radius 1 is 1.17 bits per heavy atom. The summed E-state index contributed by atoms with van der Waals surface area (Å²) in [5.74, 6) is 0.166. The Morgan fingerprint density at radius 3 is 2.55 bits per heavy atom. The van der Waals surface area contributed by atoms with Crippen molar-refractivity contribution >= 4 is 17.3 Å². The van der Waals surface area contributed by atoms with Crippen molar-refractivity contribution in [3.05, 3.63) is 81.1 Å². The van der Waals surface area contributed by atoms with E-state index in [0.717, 1.165) is 10.2 Å². The predicted molar refractivity (Wildman–Crippen MR) is 107 cm³/mol. The van der Waals surface area contributed by atoms with Gasteiger partial charge in [0.05, 0.1) is 17.7 Å². The number of ether oxygens (including phenoxy) is 1. The third-order valence-corrected chi connectivity index (χ3v) is 4.28. The second-order valence-electron chi connectivity index (χ2n) is 6.20. The summed E-state index contributed by atoms with van der Waals surface area (Å²) in [4.78, 5) is 35.2. The number of aromatic nitrogens is 2. The van der Waals surface area contributed by atoms with Gasteiger partial charge in [-0.1, -0.05) is 6.07 Å². The summed E-state index contributed by atoms with van der Waals surface area (Å²) in [5.41, 5.74) is 0.944. The third-order valence-electron chi connectivity index (χ3n) is 4.28. The molecule has 0 aliphatic carbocycles. The number of benzene rings is 2. The van der Waals surface area contributed by atoms with Crippen LogP contribution < -0.4 is 15.6 Å². The summed E-state index contributed by atoms with van der Waals surface area (Å²) in [6.45, 7) is 1.53. The molecule has 3 aromatic rings. The van der Waals surface area contributed by atoms with Crippen molar-refractivity contribution in [2.24, 2.45) is 0 Å². The maximum absolute atomic E-state index is 12.6. The van der Waals surface area contributed by atoms with Gasteiger partial charge in [0.25, 0.3) is 11.2 Å². The Bertz CT molecular complexity index is 1110. The quantitative estimate of drug-likeness (QED) is 0.507. The molecule has 0 radical (unpaired) electrons. The van der Waals surface area contributed by atoms with Gasteiger partial charge >= 0.3 is 0 Å². The summed E-state index contributed by atoms with van der Waals surface area (Å²) in [6.07, 6.45) is 0. The number of hydrogen-bond acceptors (Lipinski definition) is 6. The predicted octanol–water partition coefficient (Wildman–Crippen LogP) is 3.03. The van der Waals surface area contributed by atoms with E-state index in [4.69, 9.17) is 4.74 Å². The zero-order chi connectivity index (χ0) is 21.0. The molecule has 0 fully saturated rings. The van der Waals surface area contributed by atoms with E-state index in [1.807, 2.05) is 0 Å². The molecule has 0 aliphatic heterocycles. The second kappa shape index (κ2) is 8.34. The minimum absolute atomic E-state index is 0.146. The first-order chi connectivity index (χ1) is 13.9. The summed E-state index contributed by atoms with van der Waals surface area (Å²) < 4.78 is 6.20. The molecule has 1 heterocycles. The Balaban J connectivity index is 1.85. The Morgan fingerprint density at radius 2 is 1.90 bits per heavy atom. The molecule has 9 heteroatoms. The minimum Gasteiger partial charge on any atom is -0.497 e. The maximum atomic E-state index is 12.6. The number of hydrogen-bond donors (Lipinski definition) is 1. The summed E-state index contributed by atoms with van der Waals surface area (Å²) in [7, 11) is 1.56. The molecule has 1 N–H and O–H groups in total. The molecule has 0 saturated carbocycles. The van der Waals surface area contributed by atoms with Crippen LogP contribution in [0.2, 0.25) is 0 Å². The number of carbonyl (C=O) groups excluding carboxylic acids is 1. The molecule has 0 aliphatic rings. The number of non-ortho nitro benzene ring substituents is 1. The van der Waals surface area contributed by atoms with E-state index in [2.05, 4.69) is 10.4 Å². The van der Waals surface area contributed by atoms with Crippen LogP contribution in [-0.2, 0) is 4.79 Å². The van der Waals surface area contributed by atoms with E-state index in [9.17, 15) is 19.7 Å². The van der Waals surface area contributed by atoms with E-state index in [0.29, 0.717) is 11.4 Å². The summed E-state index contributed by atoms with van der Waals surface area (Å²) in [6, 6.07) is 14.7. The topological polar surface area (TPSA) is 116 Å². The smallest absolute Gasteiger partial charge is 0.271 e. The Hall–Kier alpha value is -4.01. The van der Waals surface area contributed by atoms with Crippen LogP contribution in [0.15, 0.2) is 65.5 Å². The van der Waals surface area contributed by atoms with Crippen LogP contribution in [0.25, 0.3) is 11.3 Å². The highest BCUT2D eigenvalue weighted by molar-refractivity contribution is 5.93. The van der Waals surface area contributed by atoms with Crippen LogP contribution >= 0.6 is 0 Å². The van der Waals surface area contributed by atoms with Crippen molar-refractivity contribution in [1.29, 1.82) is 0 Å². The lowest BCUT2D eigenvalue weighted by Gasteiger charge is -2.15. The van der Waals surface area contributed by atoms with Crippen molar-refractivity contribution in [3.63, 3.8) is 0 Å². The molecule has 0 spiro atoms. The highest BCUT2D eigenvalue weighted by Crippen LogP contribution is 2.21. The molecule has 0 saturated heterocycles. The number of amides is 1. The van der Waals surface area contributed by atoms with Crippen molar-refractivity contribution in [2.45, 2.75) is 13.0 Å². The molecule has 3 rings (SSSR count). The van der Waals surface area contributed by atoms with E-state index >= 15 is 0 Å². The van der Waals surface area contributed by atoms with Crippen molar-refractivity contribution in [1.82, 2.24) is 9.78 Å². The van der Waals surface area contributed by atoms with Crippen molar-refractivity contribution < 1.29 is 14.5 Å². The number of nitro benzene ring substituents is 1. The van der Waals surface area contributed by atoms with Crippen LogP contribution in [0.1, 0.15) is 13.0 Å². The van der Waals surface area contributed by atoms with Crippen LogP contribution in [0.4, 0.5) is 11.4 Å². The highest BCUT2D eigenvalue weighted by Gasteiger charge is 2.19. The average molecular weight is 394 g/mol. The van der Waals surface area contributed by atoms with Gasteiger partial charge in [-0.25, -0.2) is 4.68 Å². The SMILES string of the molecule is COc1ccc(-c2ccc(=O)n(C(C)C(=O)Nc3cccc([N+](=O)[O-])c3)n2)cc1. The largest absolute Gasteiger partial charge is 0.497 e. The van der Waals surface area contributed by atoms with Gasteiger partial charge in [0.1, 0.15) is 11.8 Å². The third kappa shape index (κ3) is 4.46. The molecule has 9 nitrogen and oxygen atoms in total. The van der Waals surface area contributed by atoms with Gasteiger partial charge in [0.2, 0.25) is 5.91 Å². The molecule has 1 amide bonds. The minimum atomic E-state index is -0.931. The number of nitrogens with one attached hydrogen (secondary N) is 1. The Labute approximate surface area is 165 Å². The molecule has 2 aromatic carbocycles. The van der Waals surface area contributed by atoms with Gasteiger partial charge in [-0.2, -0.15) is 5.10 Å². The first kappa shape index (κ1) is 19.7. The average Bonchev–Trinajstić information content (AvgIpc) is 2.74. The van der Waals surface area contributed by atoms with Gasteiger partial charge in [0.15, 0.2) is 0 Å². The number of rotatable bonds is 6. The van der Waals surface area contributed by atoms with Gasteiger partial charge in [-0.05, 0) is 43.3 Å². The van der Waals surface area contributed by atoms with Crippen LogP contribution in [0, 0.1) is 10.1 Å². The van der Waals surface area contributed by atoms with E-state index in [-0.39, 0.29) is 11.4 Å². The molecule has 0 bridgehead atoms. The van der Waals surface area contributed by atoms with E-state index in [1.54, 1.807) is 37.4 Å². The molecule has 1 aromatic heterocycles. The normalized spacial score (nSPS) is 11.5. The number of nitrogens with zero attached hydrogens (tertiary/aromatic N) is 3. The van der Waals surface area contributed by atoms with Gasteiger partial charge in [-0.15, -0.1) is 0 Å². The lowest BCUT2D eigenvalue weighted by molar-refractivity contribution is -0.384. The fourth-order valence-corrected chi connectivity index (χ4v) is 2.67. The van der Waals surface area contributed by atoms with Gasteiger partial charge in [-0.3, -0.25) is 19.7 Å². The van der Waals surface area contributed by atoms with Crippen LogP contribution in [0.5, 0.6) is 5.75 Å². The van der Waals surface area contributed by atoms with Crippen molar-refractivity contribution in [2.75, 3.05) is 12.4 Å². The van der Waals surface area contributed by atoms with Crippen molar-refractivity contribution in [3.8, 4) is 17.0 Å². The summed E-state index contributed by atoms with van der Waals surface area (Å²) >= 11 is 0. The number of nitro groups is 1. The van der Waals surface area contributed by atoms with E-state index in [1.165, 1.54) is 37.3 Å². The van der Waals surface area contributed by atoms with Gasteiger partial charge < -0.3 is 10.1 Å². The summed E-state index contributed by atoms with van der Waals surface area (Å²) in [5, 5.41) is 17.8. The molecule has 1 atom stereocenters. The number of methoxy groups -OCH3 is 1. The zero-order valence-corrected chi connectivity index (χ0v) is 15.7. The highest BCUT2D eigenvalue weighted by atomic mass is 16.6. The first-order valence-corrected chi connectivity index (χ1v) is 8.68. The molecule has 148 valence electrons. The molecular formula is C20H18N4O5. The second-order valence-corrected chi connectivity index (χ2v) is 6.20.